The van der Waals surface area contributed by atoms with Gasteiger partial charge in [0.25, 0.3) is 0 Å². The number of thiocarbonyl (C=S) groups is 1. The maximum absolute atomic E-state index is 11.4. The van der Waals surface area contributed by atoms with E-state index in [0.717, 1.165) is 43.9 Å². The van der Waals surface area contributed by atoms with Crippen molar-refractivity contribution < 1.29 is 4.79 Å². The van der Waals surface area contributed by atoms with Crippen LogP contribution in [0.25, 0.3) is 0 Å². The smallest absolute Gasteiger partial charge is 0.219 e. The number of aliphatic imine (C=N–C) groups is 1. The van der Waals surface area contributed by atoms with Gasteiger partial charge >= 0.3 is 0 Å². The largest absolute Gasteiger partial charge is 0.344 e. The van der Waals surface area contributed by atoms with Crippen LogP contribution in [-0.2, 0) is 4.79 Å². The van der Waals surface area contributed by atoms with Crippen molar-refractivity contribution in [2.24, 2.45) is 16.0 Å². The van der Waals surface area contributed by atoms with Crippen molar-refractivity contribution in [3.8, 4) is 0 Å². The van der Waals surface area contributed by atoms with Gasteiger partial charge in [0.05, 0.1) is 17.0 Å². The Balaban J connectivity index is 1.40. The van der Waals surface area contributed by atoms with Crippen molar-refractivity contribution in [3.63, 3.8) is 0 Å². The summed E-state index contributed by atoms with van der Waals surface area (Å²) in [5, 5.41) is 5.24. The Morgan fingerprint density at radius 3 is 2.76 bits per heavy atom. The number of likely N-dealkylation sites (tertiary alicyclic amines) is 1. The SMILES string of the molecule is CC(=O)N1CCN(C(=S)N/N=C2/CCN(C)C34CC3C=CN=C24)CC1. The minimum absolute atomic E-state index is 0.0717. The summed E-state index contributed by atoms with van der Waals surface area (Å²) in [4.78, 5) is 22.4. The quantitative estimate of drug-likeness (QED) is 0.543. The molecule has 3 heterocycles. The second-order valence-corrected chi connectivity index (χ2v) is 7.58. The molecule has 1 amide bonds. The van der Waals surface area contributed by atoms with E-state index in [1.807, 2.05) is 11.1 Å². The molecule has 1 N–H and O–H groups in total. The first kappa shape index (κ1) is 16.7. The van der Waals surface area contributed by atoms with Crippen molar-refractivity contribution >= 4 is 34.7 Å². The van der Waals surface area contributed by atoms with E-state index in [0.29, 0.717) is 24.1 Å². The van der Waals surface area contributed by atoms with Crippen LogP contribution in [0.5, 0.6) is 0 Å². The summed E-state index contributed by atoms with van der Waals surface area (Å²) < 4.78 is 0. The maximum atomic E-state index is 11.4. The van der Waals surface area contributed by atoms with Gasteiger partial charge in [0.15, 0.2) is 5.11 Å². The lowest BCUT2D eigenvalue weighted by Crippen LogP contribution is -2.54. The molecule has 0 aromatic rings. The Labute approximate surface area is 153 Å². The number of nitrogens with zero attached hydrogens (tertiary/aromatic N) is 5. The molecule has 3 aliphatic heterocycles. The van der Waals surface area contributed by atoms with Crippen molar-refractivity contribution in [1.82, 2.24) is 20.1 Å². The minimum atomic E-state index is 0.0717. The molecule has 3 fully saturated rings. The monoisotopic (exact) mass is 360 g/mol. The molecule has 1 spiro atoms. The van der Waals surface area contributed by atoms with Gasteiger partial charge in [-0.25, -0.2) is 0 Å². The molecule has 1 saturated carbocycles. The number of carbonyl (C=O) groups excluding carboxylic acids is 1. The molecule has 0 bridgehead atoms. The van der Waals surface area contributed by atoms with E-state index in [1.54, 1.807) is 6.92 Å². The Hall–Kier alpha value is -1.80. The van der Waals surface area contributed by atoms with Crippen molar-refractivity contribution in [1.29, 1.82) is 0 Å². The summed E-state index contributed by atoms with van der Waals surface area (Å²) in [6.45, 7) is 5.51. The van der Waals surface area contributed by atoms with E-state index >= 15 is 0 Å². The number of hydrogen-bond donors (Lipinski definition) is 1. The third kappa shape index (κ3) is 2.77. The highest BCUT2D eigenvalue weighted by molar-refractivity contribution is 7.80. The molecule has 2 unspecified atom stereocenters. The average Bonchev–Trinajstić information content (AvgIpc) is 3.36. The lowest BCUT2D eigenvalue weighted by Gasteiger charge is -2.37. The van der Waals surface area contributed by atoms with Gasteiger partial charge in [-0.1, -0.05) is 6.08 Å². The molecule has 25 heavy (non-hydrogen) atoms. The van der Waals surface area contributed by atoms with Crippen molar-refractivity contribution in [2.75, 3.05) is 39.8 Å². The zero-order valence-electron chi connectivity index (χ0n) is 14.7. The number of piperazine rings is 1. The van der Waals surface area contributed by atoms with E-state index in [2.05, 4.69) is 38.4 Å². The van der Waals surface area contributed by atoms with Crippen molar-refractivity contribution in [2.45, 2.75) is 25.3 Å². The number of rotatable bonds is 1. The van der Waals surface area contributed by atoms with E-state index in [9.17, 15) is 4.79 Å². The van der Waals surface area contributed by atoms with Gasteiger partial charge in [-0.15, -0.1) is 0 Å². The molecule has 2 saturated heterocycles. The molecule has 4 aliphatic rings. The maximum Gasteiger partial charge on any atom is 0.219 e. The molecule has 7 nitrogen and oxygen atoms in total. The van der Waals surface area contributed by atoms with E-state index in [-0.39, 0.29) is 11.4 Å². The predicted octanol–water partition coefficient (Wildman–Crippen LogP) is 0.444. The fourth-order valence-electron chi connectivity index (χ4n) is 4.16. The van der Waals surface area contributed by atoms with Gasteiger partial charge in [-0.2, -0.15) is 5.10 Å². The van der Waals surface area contributed by atoms with Crippen LogP contribution in [0.2, 0.25) is 0 Å². The first-order valence-corrected chi connectivity index (χ1v) is 9.27. The van der Waals surface area contributed by atoms with E-state index in [4.69, 9.17) is 12.2 Å². The Bertz CT molecular complexity index is 693. The Morgan fingerprint density at radius 1 is 1.32 bits per heavy atom. The van der Waals surface area contributed by atoms with Crippen LogP contribution in [0.1, 0.15) is 19.8 Å². The number of nitrogens with one attached hydrogen (secondary N) is 1. The number of piperidine rings is 1. The zero-order valence-corrected chi connectivity index (χ0v) is 15.6. The van der Waals surface area contributed by atoms with Gasteiger partial charge in [0.1, 0.15) is 0 Å². The second-order valence-electron chi connectivity index (χ2n) is 7.19. The molecule has 0 aromatic carbocycles. The molecule has 134 valence electrons. The predicted molar refractivity (Wildman–Crippen MR) is 102 cm³/mol. The van der Waals surface area contributed by atoms with E-state index in [1.165, 1.54) is 0 Å². The van der Waals surface area contributed by atoms with Crippen LogP contribution >= 0.6 is 12.2 Å². The van der Waals surface area contributed by atoms with Gasteiger partial charge in [0, 0.05) is 58.2 Å². The summed E-state index contributed by atoms with van der Waals surface area (Å²) in [5.74, 6) is 0.694. The first-order chi connectivity index (χ1) is 12.0. The fraction of sp³-hybridized carbons (Fsp3) is 0.647. The topological polar surface area (TPSA) is 63.5 Å². The van der Waals surface area contributed by atoms with Crippen LogP contribution < -0.4 is 5.43 Å². The molecule has 0 radical (unpaired) electrons. The molecule has 8 heteroatoms. The highest BCUT2D eigenvalue weighted by Gasteiger charge is 2.62. The molecule has 1 aliphatic carbocycles. The number of hydrogen-bond acceptors (Lipinski definition) is 5. The zero-order chi connectivity index (χ0) is 17.6. The lowest BCUT2D eigenvalue weighted by atomic mass is 9.92. The number of amides is 1. The summed E-state index contributed by atoms with van der Waals surface area (Å²) in [7, 11) is 2.18. The van der Waals surface area contributed by atoms with Crippen LogP contribution in [0.4, 0.5) is 0 Å². The van der Waals surface area contributed by atoms with Gasteiger partial charge in [-0.3, -0.25) is 20.1 Å². The lowest BCUT2D eigenvalue weighted by molar-refractivity contribution is -0.130. The highest BCUT2D eigenvalue weighted by atomic mass is 32.1. The molecule has 4 rings (SSSR count). The molecular formula is C17H24N6OS. The molecular weight excluding hydrogens is 336 g/mol. The minimum Gasteiger partial charge on any atom is -0.344 e. The Morgan fingerprint density at radius 2 is 2.04 bits per heavy atom. The summed E-state index contributed by atoms with van der Waals surface area (Å²) in [6, 6.07) is 0. The van der Waals surface area contributed by atoms with Crippen LogP contribution in [0.15, 0.2) is 22.4 Å². The van der Waals surface area contributed by atoms with Crippen molar-refractivity contribution in [3.05, 3.63) is 12.3 Å². The standard InChI is InChI=1S/C17H24N6OS/c1-12(24)22-7-9-23(10-8-22)16(25)20-19-14-4-6-21(2)17-11-13(17)3-5-18-15(14)17/h3,5,13H,4,6-11H2,1-2H3,(H,20,25)/b19-14-. The van der Waals surface area contributed by atoms with Crippen LogP contribution in [0.3, 0.4) is 0 Å². The number of carbonyl (C=O) groups is 1. The normalized spacial score (nSPS) is 32.8. The Kier molecular flexibility index (Phi) is 4.11. The first-order valence-electron chi connectivity index (χ1n) is 8.86. The van der Waals surface area contributed by atoms with Gasteiger partial charge in [-0.05, 0) is 25.7 Å². The average molecular weight is 360 g/mol. The van der Waals surface area contributed by atoms with Gasteiger partial charge in [0.2, 0.25) is 5.91 Å². The fourth-order valence-corrected chi connectivity index (χ4v) is 4.39. The summed E-state index contributed by atoms with van der Waals surface area (Å²) in [6.07, 6.45) is 6.13. The summed E-state index contributed by atoms with van der Waals surface area (Å²) >= 11 is 5.49. The van der Waals surface area contributed by atoms with Crippen LogP contribution in [0, 0.1) is 5.92 Å². The second kappa shape index (κ2) is 6.17. The van der Waals surface area contributed by atoms with Gasteiger partial charge < -0.3 is 9.80 Å². The van der Waals surface area contributed by atoms with Crippen LogP contribution in [-0.4, -0.2) is 82.5 Å². The highest BCUT2D eigenvalue weighted by Crippen LogP contribution is 2.53. The molecule has 0 aromatic heterocycles. The number of hydrazone groups is 1. The van der Waals surface area contributed by atoms with E-state index < -0.39 is 0 Å². The molecule has 2 atom stereocenters. The third-order valence-electron chi connectivity index (χ3n) is 5.85. The summed E-state index contributed by atoms with van der Waals surface area (Å²) in [5.41, 5.74) is 5.26. The third-order valence-corrected chi connectivity index (χ3v) is 6.20.